The van der Waals surface area contributed by atoms with E-state index in [9.17, 15) is 9.59 Å². The first kappa shape index (κ1) is 23.4. The molecular formula is C24H34N4O2. The van der Waals surface area contributed by atoms with Crippen LogP contribution in [0.3, 0.4) is 0 Å². The van der Waals surface area contributed by atoms with Gasteiger partial charge in [0, 0.05) is 29.4 Å². The Balaban J connectivity index is 2.10. The van der Waals surface area contributed by atoms with Crippen LogP contribution < -0.4 is 5.32 Å². The SMILES string of the molecule is CCN(CC(=O)NC(C)(C)C)C(=O)/C=C/c1c(C)nn(Cc2ccc(C)cc2)c1C. The van der Waals surface area contributed by atoms with Gasteiger partial charge in [-0.05, 0) is 60.1 Å². The van der Waals surface area contributed by atoms with Crippen molar-refractivity contribution in [2.75, 3.05) is 13.1 Å². The number of amides is 2. The summed E-state index contributed by atoms with van der Waals surface area (Å²) in [6, 6.07) is 8.39. The second kappa shape index (κ2) is 9.74. The van der Waals surface area contributed by atoms with Crippen LogP contribution in [0.4, 0.5) is 0 Å². The lowest BCUT2D eigenvalue weighted by molar-refractivity contribution is -0.132. The highest BCUT2D eigenvalue weighted by molar-refractivity contribution is 5.94. The van der Waals surface area contributed by atoms with E-state index in [2.05, 4.69) is 41.6 Å². The molecule has 0 radical (unpaired) electrons. The number of rotatable bonds is 7. The average molecular weight is 411 g/mol. The summed E-state index contributed by atoms with van der Waals surface area (Å²) in [7, 11) is 0. The minimum absolute atomic E-state index is 0.0432. The fourth-order valence-corrected chi connectivity index (χ4v) is 3.21. The van der Waals surface area contributed by atoms with Crippen LogP contribution in [0.2, 0.25) is 0 Å². The first-order valence-corrected chi connectivity index (χ1v) is 10.4. The molecule has 6 nitrogen and oxygen atoms in total. The third kappa shape index (κ3) is 6.58. The van der Waals surface area contributed by atoms with Crippen molar-refractivity contribution in [1.82, 2.24) is 20.0 Å². The van der Waals surface area contributed by atoms with Gasteiger partial charge in [0.1, 0.15) is 0 Å². The molecule has 30 heavy (non-hydrogen) atoms. The third-order valence-corrected chi connectivity index (χ3v) is 4.83. The number of aromatic nitrogens is 2. The minimum Gasteiger partial charge on any atom is -0.350 e. The van der Waals surface area contributed by atoms with Crippen molar-refractivity contribution in [3.05, 3.63) is 58.4 Å². The smallest absolute Gasteiger partial charge is 0.247 e. The first-order chi connectivity index (χ1) is 14.0. The van der Waals surface area contributed by atoms with Gasteiger partial charge in [0.15, 0.2) is 0 Å². The van der Waals surface area contributed by atoms with Crippen molar-refractivity contribution in [1.29, 1.82) is 0 Å². The Morgan fingerprint density at radius 1 is 1.13 bits per heavy atom. The number of nitrogens with zero attached hydrogens (tertiary/aromatic N) is 3. The third-order valence-electron chi connectivity index (χ3n) is 4.83. The average Bonchev–Trinajstić information content (AvgIpc) is 2.91. The predicted octanol–water partition coefficient (Wildman–Crippen LogP) is 3.63. The Kier molecular flexibility index (Phi) is 7.59. The maximum absolute atomic E-state index is 12.6. The Morgan fingerprint density at radius 2 is 1.77 bits per heavy atom. The summed E-state index contributed by atoms with van der Waals surface area (Å²) in [5.41, 5.74) is 4.90. The van der Waals surface area contributed by atoms with Gasteiger partial charge in [-0.3, -0.25) is 14.3 Å². The molecule has 1 aromatic carbocycles. The molecule has 2 amide bonds. The summed E-state index contributed by atoms with van der Waals surface area (Å²) in [4.78, 5) is 26.3. The van der Waals surface area contributed by atoms with E-state index < -0.39 is 0 Å². The van der Waals surface area contributed by atoms with Gasteiger partial charge in [-0.2, -0.15) is 5.10 Å². The second-order valence-corrected chi connectivity index (χ2v) is 8.71. The van der Waals surface area contributed by atoms with Gasteiger partial charge in [0.2, 0.25) is 11.8 Å². The zero-order chi connectivity index (χ0) is 22.5. The zero-order valence-corrected chi connectivity index (χ0v) is 19.2. The molecule has 0 aliphatic rings. The van der Waals surface area contributed by atoms with Crippen LogP contribution in [0, 0.1) is 20.8 Å². The molecule has 1 heterocycles. The highest BCUT2D eigenvalue weighted by Crippen LogP contribution is 2.17. The highest BCUT2D eigenvalue weighted by atomic mass is 16.2. The lowest BCUT2D eigenvalue weighted by atomic mass is 10.1. The molecule has 1 aromatic heterocycles. The van der Waals surface area contributed by atoms with Crippen LogP contribution in [-0.2, 0) is 16.1 Å². The molecule has 0 spiro atoms. The van der Waals surface area contributed by atoms with Crippen molar-refractivity contribution in [3.8, 4) is 0 Å². The summed E-state index contributed by atoms with van der Waals surface area (Å²) >= 11 is 0. The van der Waals surface area contributed by atoms with Gasteiger partial charge in [-0.15, -0.1) is 0 Å². The van der Waals surface area contributed by atoms with Crippen molar-refractivity contribution in [2.24, 2.45) is 0 Å². The van der Waals surface area contributed by atoms with E-state index in [-0.39, 0.29) is 23.9 Å². The Bertz CT molecular complexity index is 918. The lowest BCUT2D eigenvalue weighted by Gasteiger charge is -2.24. The van der Waals surface area contributed by atoms with Gasteiger partial charge in [0.05, 0.1) is 18.8 Å². The van der Waals surface area contributed by atoms with Crippen LogP contribution in [-0.4, -0.2) is 45.1 Å². The molecule has 0 saturated heterocycles. The monoisotopic (exact) mass is 410 g/mol. The van der Waals surface area contributed by atoms with E-state index in [0.29, 0.717) is 13.1 Å². The van der Waals surface area contributed by atoms with Crippen molar-refractivity contribution >= 4 is 17.9 Å². The molecule has 0 unspecified atom stereocenters. The van der Waals surface area contributed by atoms with Crippen LogP contribution in [0.1, 0.15) is 55.8 Å². The molecule has 2 rings (SSSR count). The van der Waals surface area contributed by atoms with Gasteiger partial charge in [0.25, 0.3) is 0 Å². The van der Waals surface area contributed by atoms with Gasteiger partial charge in [-0.1, -0.05) is 29.8 Å². The number of carbonyl (C=O) groups excluding carboxylic acids is 2. The van der Waals surface area contributed by atoms with E-state index in [0.717, 1.165) is 17.0 Å². The number of carbonyl (C=O) groups is 2. The fourth-order valence-electron chi connectivity index (χ4n) is 3.21. The number of likely N-dealkylation sites (N-methyl/N-ethyl adjacent to an activating group) is 1. The van der Waals surface area contributed by atoms with Crippen LogP contribution in [0.5, 0.6) is 0 Å². The molecule has 0 saturated carbocycles. The first-order valence-electron chi connectivity index (χ1n) is 10.4. The van der Waals surface area contributed by atoms with Crippen LogP contribution >= 0.6 is 0 Å². The summed E-state index contributed by atoms with van der Waals surface area (Å²) in [5.74, 6) is -0.351. The van der Waals surface area contributed by atoms with Crippen molar-refractivity contribution in [2.45, 2.75) is 60.5 Å². The number of nitrogens with one attached hydrogen (secondary N) is 1. The van der Waals surface area contributed by atoms with Gasteiger partial charge < -0.3 is 10.2 Å². The Labute approximate surface area is 180 Å². The predicted molar refractivity (Wildman–Crippen MR) is 121 cm³/mol. The summed E-state index contributed by atoms with van der Waals surface area (Å²) in [6.07, 6.45) is 3.33. The van der Waals surface area contributed by atoms with E-state index in [1.165, 1.54) is 22.1 Å². The molecule has 0 atom stereocenters. The number of hydrogen-bond acceptors (Lipinski definition) is 3. The summed E-state index contributed by atoms with van der Waals surface area (Å²) in [6.45, 7) is 14.8. The molecule has 0 fully saturated rings. The molecular weight excluding hydrogens is 376 g/mol. The number of benzene rings is 1. The van der Waals surface area contributed by atoms with E-state index in [1.54, 1.807) is 6.08 Å². The maximum Gasteiger partial charge on any atom is 0.247 e. The van der Waals surface area contributed by atoms with E-state index >= 15 is 0 Å². The van der Waals surface area contributed by atoms with Gasteiger partial charge in [-0.25, -0.2) is 0 Å². The largest absolute Gasteiger partial charge is 0.350 e. The molecule has 0 aliphatic heterocycles. The molecule has 0 aliphatic carbocycles. The van der Waals surface area contributed by atoms with Crippen LogP contribution in [0.25, 0.3) is 6.08 Å². The topological polar surface area (TPSA) is 67.2 Å². The summed E-state index contributed by atoms with van der Waals surface area (Å²) in [5, 5.41) is 7.53. The number of hydrogen-bond donors (Lipinski definition) is 1. The normalized spacial score (nSPS) is 11.7. The zero-order valence-electron chi connectivity index (χ0n) is 19.2. The Morgan fingerprint density at radius 3 is 2.33 bits per heavy atom. The minimum atomic E-state index is -0.324. The molecule has 1 N–H and O–H groups in total. The number of aryl methyl sites for hydroxylation is 2. The quantitative estimate of drug-likeness (QED) is 0.709. The fraction of sp³-hybridized carbons (Fsp3) is 0.458. The Hall–Kier alpha value is -2.89. The van der Waals surface area contributed by atoms with Crippen molar-refractivity contribution in [3.63, 3.8) is 0 Å². The highest BCUT2D eigenvalue weighted by Gasteiger charge is 2.18. The standard InChI is InChI=1S/C24H34N4O2/c1-8-27(16-22(29)25-24(5,6)7)23(30)14-13-21-18(3)26-28(19(21)4)15-20-11-9-17(2)10-12-20/h9-14H,8,15-16H2,1-7H3,(H,25,29)/b14-13+. The lowest BCUT2D eigenvalue weighted by Crippen LogP contribution is -2.47. The van der Waals surface area contributed by atoms with Gasteiger partial charge >= 0.3 is 0 Å². The second-order valence-electron chi connectivity index (χ2n) is 8.71. The molecule has 162 valence electrons. The maximum atomic E-state index is 12.6. The molecule has 2 aromatic rings. The van der Waals surface area contributed by atoms with E-state index in [4.69, 9.17) is 0 Å². The molecule has 0 bridgehead atoms. The van der Waals surface area contributed by atoms with Crippen molar-refractivity contribution < 1.29 is 9.59 Å². The van der Waals surface area contributed by atoms with E-state index in [1.807, 2.05) is 46.2 Å². The van der Waals surface area contributed by atoms with Crippen LogP contribution in [0.15, 0.2) is 30.3 Å². The summed E-state index contributed by atoms with van der Waals surface area (Å²) < 4.78 is 1.96. The molecule has 6 heteroatoms.